The predicted octanol–water partition coefficient (Wildman–Crippen LogP) is 0.401. The van der Waals surface area contributed by atoms with Gasteiger partial charge in [0.1, 0.15) is 0 Å². The van der Waals surface area contributed by atoms with Crippen LogP contribution in [0, 0.1) is 0 Å². The highest BCUT2D eigenvalue weighted by Gasteiger charge is 2.28. The average Bonchev–Trinajstić information content (AvgIpc) is 2.99. The van der Waals surface area contributed by atoms with Gasteiger partial charge in [-0.05, 0) is 25.3 Å². The van der Waals surface area contributed by atoms with Crippen molar-refractivity contribution in [3.8, 4) is 0 Å². The summed E-state index contributed by atoms with van der Waals surface area (Å²) < 4.78 is 1.38. The van der Waals surface area contributed by atoms with Crippen molar-refractivity contribution in [3.05, 3.63) is 38.2 Å². The van der Waals surface area contributed by atoms with Crippen molar-refractivity contribution in [2.24, 2.45) is 5.73 Å². The Morgan fingerprint density at radius 1 is 1.44 bits per heavy atom. The van der Waals surface area contributed by atoms with Gasteiger partial charge in [-0.15, -0.1) is 0 Å². The number of fused-ring (bicyclic) bond motifs is 1. The van der Waals surface area contributed by atoms with E-state index in [0.29, 0.717) is 25.3 Å². The fraction of sp³-hybridized carbons (Fsp3) is 0.529. The molecule has 3 N–H and O–H groups in total. The maximum atomic E-state index is 13.0. The molecule has 1 fully saturated rings. The van der Waals surface area contributed by atoms with Crippen LogP contribution < -0.4 is 17.0 Å². The molecule has 0 aromatic carbocycles. The highest BCUT2D eigenvalue weighted by Crippen LogP contribution is 2.22. The van der Waals surface area contributed by atoms with Crippen LogP contribution in [-0.4, -0.2) is 44.5 Å². The molecule has 2 aromatic heterocycles. The Labute approximate surface area is 144 Å². The number of likely N-dealkylation sites (tertiary alicyclic amines) is 1. The lowest BCUT2D eigenvalue weighted by atomic mass is 10.0. The topological polar surface area (TPSA) is 114 Å². The van der Waals surface area contributed by atoms with Crippen molar-refractivity contribution in [1.82, 2.24) is 19.4 Å². The quantitative estimate of drug-likeness (QED) is 0.836. The molecule has 0 spiro atoms. The van der Waals surface area contributed by atoms with Crippen LogP contribution in [0.3, 0.4) is 0 Å². The van der Waals surface area contributed by atoms with Crippen LogP contribution in [0.5, 0.6) is 0 Å². The van der Waals surface area contributed by atoms with Gasteiger partial charge in [-0.25, -0.2) is 9.78 Å². The lowest BCUT2D eigenvalue weighted by Gasteiger charge is -2.19. The van der Waals surface area contributed by atoms with Gasteiger partial charge in [-0.1, -0.05) is 13.8 Å². The molecule has 1 unspecified atom stereocenters. The number of amides is 1. The second-order valence-electron chi connectivity index (χ2n) is 6.75. The number of aromatic amines is 1. The van der Waals surface area contributed by atoms with Crippen LogP contribution in [0.1, 0.15) is 49.2 Å². The summed E-state index contributed by atoms with van der Waals surface area (Å²) in [6, 6.07) is 1.62. The molecule has 1 aliphatic heterocycles. The zero-order valence-electron chi connectivity index (χ0n) is 14.7. The Hall–Kier alpha value is -2.48. The van der Waals surface area contributed by atoms with Gasteiger partial charge >= 0.3 is 5.69 Å². The number of aromatic nitrogens is 3. The second-order valence-corrected chi connectivity index (χ2v) is 6.75. The maximum Gasteiger partial charge on any atom is 0.329 e. The van der Waals surface area contributed by atoms with Gasteiger partial charge in [-0.2, -0.15) is 0 Å². The summed E-state index contributed by atoms with van der Waals surface area (Å²) in [4.78, 5) is 46.0. The Morgan fingerprint density at radius 3 is 2.72 bits per heavy atom. The zero-order chi connectivity index (χ0) is 18.3. The number of rotatable bonds is 3. The number of pyridine rings is 1. The lowest BCUT2D eigenvalue weighted by Crippen LogP contribution is -2.35. The summed E-state index contributed by atoms with van der Waals surface area (Å²) in [5, 5.41) is 0.163. The molecule has 3 rings (SSSR count). The summed E-state index contributed by atoms with van der Waals surface area (Å²) in [6.07, 6.45) is 0.738. The van der Waals surface area contributed by atoms with E-state index >= 15 is 0 Å². The minimum absolute atomic E-state index is 0.0475. The van der Waals surface area contributed by atoms with E-state index in [4.69, 9.17) is 5.73 Å². The number of H-pyrrole nitrogens is 1. The smallest absolute Gasteiger partial charge is 0.329 e. The van der Waals surface area contributed by atoms with E-state index in [-0.39, 0.29) is 34.5 Å². The summed E-state index contributed by atoms with van der Waals surface area (Å²) in [7, 11) is 0. The molecule has 3 heterocycles. The van der Waals surface area contributed by atoms with Crippen LogP contribution in [0.15, 0.2) is 15.7 Å². The number of hydrogen-bond acceptors (Lipinski definition) is 5. The van der Waals surface area contributed by atoms with Crippen molar-refractivity contribution < 1.29 is 4.79 Å². The number of aryl methyl sites for hydroxylation is 1. The van der Waals surface area contributed by atoms with Crippen LogP contribution in [-0.2, 0) is 6.54 Å². The van der Waals surface area contributed by atoms with Crippen molar-refractivity contribution in [3.63, 3.8) is 0 Å². The Balaban J connectivity index is 2.31. The zero-order valence-corrected chi connectivity index (χ0v) is 14.7. The number of carbonyl (C=O) groups excluding carboxylic acids is 1. The van der Waals surface area contributed by atoms with Gasteiger partial charge in [0, 0.05) is 31.4 Å². The van der Waals surface area contributed by atoms with E-state index in [1.807, 2.05) is 13.8 Å². The molecular weight excluding hydrogens is 322 g/mol. The first kappa shape index (κ1) is 17.3. The Bertz CT molecular complexity index is 944. The second kappa shape index (κ2) is 6.44. The van der Waals surface area contributed by atoms with Gasteiger partial charge in [0.15, 0.2) is 5.65 Å². The first-order valence-corrected chi connectivity index (χ1v) is 8.56. The summed E-state index contributed by atoms with van der Waals surface area (Å²) in [6.45, 7) is 7.08. The molecule has 8 heteroatoms. The Morgan fingerprint density at radius 2 is 2.16 bits per heavy atom. The molecule has 1 atom stereocenters. The predicted molar refractivity (Wildman–Crippen MR) is 94.9 cm³/mol. The van der Waals surface area contributed by atoms with E-state index in [0.717, 1.165) is 6.42 Å². The molecular formula is C17H23N5O3. The molecule has 1 saturated heterocycles. The highest BCUT2D eigenvalue weighted by molar-refractivity contribution is 6.05. The van der Waals surface area contributed by atoms with E-state index in [1.165, 1.54) is 4.57 Å². The summed E-state index contributed by atoms with van der Waals surface area (Å²) in [5.41, 5.74) is 6.02. The lowest BCUT2D eigenvalue weighted by molar-refractivity contribution is 0.0792. The number of nitrogens with zero attached hydrogens (tertiary/aromatic N) is 3. The minimum Gasteiger partial charge on any atom is -0.337 e. The van der Waals surface area contributed by atoms with Crippen molar-refractivity contribution in [2.45, 2.75) is 45.7 Å². The van der Waals surface area contributed by atoms with Crippen LogP contribution in [0.2, 0.25) is 0 Å². The molecule has 25 heavy (non-hydrogen) atoms. The highest BCUT2D eigenvalue weighted by atomic mass is 16.2. The number of nitrogens with one attached hydrogen (secondary N) is 1. The van der Waals surface area contributed by atoms with Crippen molar-refractivity contribution in [1.29, 1.82) is 0 Å². The van der Waals surface area contributed by atoms with Crippen molar-refractivity contribution in [2.75, 3.05) is 13.1 Å². The van der Waals surface area contributed by atoms with Crippen LogP contribution in [0.4, 0.5) is 0 Å². The van der Waals surface area contributed by atoms with Gasteiger partial charge < -0.3 is 10.6 Å². The molecule has 134 valence electrons. The standard InChI is InChI=1S/C17H23N5O3/c1-4-22-14-13(15(23)20-17(22)25)11(7-12(19-14)9(2)3)16(24)21-6-5-10(18)8-21/h7,9-10H,4-6,8,18H2,1-3H3,(H,20,23,25). The third-order valence-corrected chi connectivity index (χ3v) is 4.62. The fourth-order valence-corrected chi connectivity index (χ4v) is 3.19. The SMILES string of the molecule is CCn1c(=O)[nH]c(=O)c2c(C(=O)N3CCC(N)C3)cc(C(C)C)nc21. The average molecular weight is 345 g/mol. The van der Waals surface area contributed by atoms with Gasteiger partial charge in [0.25, 0.3) is 11.5 Å². The molecule has 1 aliphatic rings. The first-order chi connectivity index (χ1) is 11.8. The van der Waals surface area contributed by atoms with E-state index in [9.17, 15) is 14.4 Å². The molecule has 8 nitrogen and oxygen atoms in total. The van der Waals surface area contributed by atoms with E-state index in [1.54, 1.807) is 17.9 Å². The third-order valence-electron chi connectivity index (χ3n) is 4.62. The first-order valence-electron chi connectivity index (χ1n) is 8.56. The van der Waals surface area contributed by atoms with E-state index in [2.05, 4.69) is 9.97 Å². The Kier molecular flexibility index (Phi) is 4.47. The van der Waals surface area contributed by atoms with Gasteiger partial charge in [0.05, 0.1) is 10.9 Å². The molecule has 2 aromatic rings. The van der Waals surface area contributed by atoms with E-state index < -0.39 is 11.2 Å². The normalized spacial score (nSPS) is 17.6. The number of hydrogen-bond donors (Lipinski definition) is 2. The minimum atomic E-state index is -0.584. The summed E-state index contributed by atoms with van der Waals surface area (Å²) in [5.74, 6) is -0.189. The maximum absolute atomic E-state index is 13.0. The number of carbonyl (C=O) groups is 1. The molecule has 1 amide bonds. The third kappa shape index (κ3) is 2.97. The van der Waals surface area contributed by atoms with Crippen LogP contribution in [0.25, 0.3) is 11.0 Å². The largest absolute Gasteiger partial charge is 0.337 e. The molecule has 0 aliphatic carbocycles. The summed E-state index contributed by atoms with van der Waals surface area (Å²) >= 11 is 0. The van der Waals surface area contributed by atoms with Gasteiger partial charge in [0.2, 0.25) is 0 Å². The van der Waals surface area contributed by atoms with Crippen molar-refractivity contribution >= 4 is 16.9 Å². The molecule has 0 saturated carbocycles. The monoisotopic (exact) mass is 345 g/mol. The fourth-order valence-electron chi connectivity index (χ4n) is 3.19. The number of nitrogens with two attached hydrogens (primary N) is 1. The van der Waals surface area contributed by atoms with Gasteiger partial charge in [-0.3, -0.25) is 19.1 Å². The molecule has 0 radical (unpaired) electrons. The van der Waals surface area contributed by atoms with Crippen LogP contribution >= 0.6 is 0 Å². The molecule has 0 bridgehead atoms.